The van der Waals surface area contributed by atoms with Crippen LogP contribution in [0, 0.1) is 20.8 Å². The lowest BCUT2D eigenvalue weighted by atomic mass is 9.89. The molecule has 1 aliphatic rings. The van der Waals surface area contributed by atoms with Crippen molar-refractivity contribution in [2.75, 3.05) is 32.6 Å². The molecule has 1 saturated carbocycles. The molecule has 0 unspecified atom stereocenters. The number of aryl methyl sites for hydroxylation is 2. The molecule has 0 saturated heterocycles. The zero-order valence-corrected chi connectivity index (χ0v) is 23.6. The largest absolute Gasteiger partial charge is 0.480 e. The summed E-state index contributed by atoms with van der Waals surface area (Å²) in [6.07, 6.45) is 4.93. The monoisotopic (exact) mass is 512 g/mol. The van der Waals surface area contributed by atoms with Gasteiger partial charge in [-0.25, -0.2) is 9.50 Å². The van der Waals surface area contributed by atoms with Crippen molar-refractivity contribution in [3.8, 4) is 5.88 Å². The SMILES string of the molecule is CCN(c1cc(Cl)cc(CNCc2c(OC)nn3c(C)cc(C)nc23)c1C)C1CCC(N(C)C)CC1. The highest BCUT2D eigenvalue weighted by atomic mass is 35.5. The van der Waals surface area contributed by atoms with Gasteiger partial charge in [-0.3, -0.25) is 0 Å². The molecule has 36 heavy (non-hydrogen) atoms. The van der Waals surface area contributed by atoms with Crippen LogP contribution in [0.3, 0.4) is 0 Å². The Labute approximate surface area is 220 Å². The molecular weight excluding hydrogens is 472 g/mol. The molecule has 0 radical (unpaired) electrons. The number of ether oxygens (including phenoxy) is 1. The molecule has 196 valence electrons. The maximum absolute atomic E-state index is 6.66. The van der Waals surface area contributed by atoms with Crippen LogP contribution in [0.25, 0.3) is 5.65 Å². The molecule has 0 amide bonds. The summed E-state index contributed by atoms with van der Waals surface area (Å²) in [4.78, 5) is 9.67. The number of rotatable bonds is 9. The number of hydrogen-bond donors (Lipinski definition) is 1. The molecule has 0 atom stereocenters. The van der Waals surface area contributed by atoms with Crippen LogP contribution in [0.5, 0.6) is 5.88 Å². The molecule has 4 rings (SSSR count). The summed E-state index contributed by atoms with van der Waals surface area (Å²) in [5.41, 5.74) is 7.59. The number of nitrogens with one attached hydrogen (secondary N) is 1. The normalized spacial score (nSPS) is 18.2. The highest BCUT2D eigenvalue weighted by Gasteiger charge is 2.27. The summed E-state index contributed by atoms with van der Waals surface area (Å²) < 4.78 is 7.44. The molecule has 0 aliphatic heterocycles. The molecule has 2 heterocycles. The smallest absolute Gasteiger partial charge is 0.239 e. The van der Waals surface area contributed by atoms with E-state index in [-0.39, 0.29) is 0 Å². The van der Waals surface area contributed by atoms with Gasteiger partial charge >= 0.3 is 0 Å². The van der Waals surface area contributed by atoms with Crippen LogP contribution in [-0.4, -0.2) is 59.3 Å². The maximum Gasteiger partial charge on any atom is 0.239 e. The summed E-state index contributed by atoms with van der Waals surface area (Å²) in [7, 11) is 6.06. The number of halogens is 1. The van der Waals surface area contributed by atoms with E-state index >= 15 is 0 Å². The molecule has 1 fully saturated rings. The quantitative estimate of drug-likeness (QED) is 0.419. The minimum Gasteiger partial charge on any atom is -0.480 e. The first-order valence-corrected chi connectivity index (χ1v) is 13.4. The topological polar surface area (TPSA) is 57.9 Å². The molecule has 3 aromatic rings. The van der Waals surface area contributed by atoms with Gasteiger partial charge in [0.2, 0.25) is 5.88 Å². The van der Waals surface area contributed by atoms with Gasteiger partial charge in [0, 0.05) is 53.8 Å². The molecule has 1 aromatic carbocycles. The van der Waals surface area contributed by atoms with Crippen LogP contribution in [0.15, 0.2) is 18.2 Å². The maximum atomic E-state index is 6.66. The number of benzene rings is 1. The fourth-order valence-electron chi connectivity index (χ4n) is 5.70. The van der Waals surface area contributed by atoms with E-state index in [1.807, 2.05) is 24.4 Å². The van der Waals surface area contributed by atoms with Crippen LogP contribution in [0.4, 0.5) is 5.69 Å². The third-order valence-corrected chi connectivity index (χ3v) is 7.92. The van der Waals surface area contributed by atoms with Crippen molar-refractivity contribution in [3.05, 3.63) is 51.3 Å². The van der Waals surface area contributed by atoms with Gasteiger partial charge in [0.25, 0.3) is 0 Å². The summed E-state index contributed by atoms with van der Waals surface area (Å²) in [6, 6.07) is 7.51. The lowest BCUT2D eigenvalue weighted by Gasteiger charge is -2.40. The fourth-order valence-corrected chi connectivity index (χ4v) is 5.93. The predicted octanol–water partition coefficient (Wildman–Crippen LogP) is 5.31. The first-order valence-electron chi connectivity index (χ1n) is 13.1. The number of anilines is 1. The first kappa shape index (κ1) is 26.7. The Morgan fingerprint density at radius 1 is 1.06 bits per heavy atom. The van der Waals surface area contributed by atoms with E-state index < -0.39 is 0 Å². The van der Waals surface area contributed by atoms with Gasteiger partial charge in [0.1, 0.15) is 0 Å². The minimum absolute atomic E-state index is 0.560. The van der Waals surface area contributed by atoms with Crippen LogP contribution in [0.1, 0.15) is 60.7 Å². The second-order valence-corrected chi connectivity index (χ2v) is 10.7. The third-order valence-electron chi connectivity index (χ3n) is 7.70. The van der Waals surface area contributed by atoms with Gasteiger partial charge in [-0.1, -0.05) is 11.6 Å². The Bertz CT molecular complexity index is 1200. The fraction of sp³-hybridized carbons (Fsp3) is 0.571. The Morgan fingerprint density at radius 2 is 1.75 bits per heavy atom. The molecule has 1 aliphatic carbocycles. The van der Waals surface area contributed by atoms with Crippen LogP contribution >= 0.6 is 11.6 Å². The zero-order chi connectivity index (χ0) is 26.0. The lowest BCUT2D eigenvalue weighted by Crippen LogP contribution is -2.42. The van der Waals surface area contributed by atoms with Crippen LogP contribution in [-0.2, 0) is 13.1 Å². The highest BCUT2D eigenvalue weighted by Crippen LogP contribution is 2.34. The van der Waals surface area contributed by atoms with E-state index in [4.69, 9.17) is 21.3 Å². The zero-order valence-electron chi connectivity index (χ0n) is 22.9. The summed E-state index contributed by atoms with van der Waals surface area (Å²) in [5.74, 6) is 0.609. The predicted molar refractivity (Wildman–Crippen MR) is 148 cm³/mol. The number of aromatic nitrogens is 3. The van der Waals surface area contributed by atoms with Gasteiger partial charge in [0.15, 0.2) is 5.65 Å². The molecule has 2 aromatic heterocycles. The van der Waals surface area contributed by atoms with Gasteiger partial charge in [0.05, 0.1) is 12.7 Å². The molecule has 8 heteroatoms. The van der Waals surface area contributed by atoms with Gasteiger partial charge < -0.3 is 19.9 Å². The van der Waals surface area contributed by atoms with Gasteiger partial charge in [-0.05, 0) is 96.8 Å². The summed E-state index contributed by atoms with van der Waals surface area (Å²) in [6.45, 7) is 10.8. The summed E-state index contributed by atoms with van der Waals surface area (Å²) >= 11 is 6.66. The van der Waals surface area contributed by atoms with Crippen molar-refractivity contribution in [3.63, 3.8) is 0 Å². The number of hydrogen-bond acceptors (Lipinski definition) is 6. The molecular formula is C28H41ClN6O. The Morgan fingerprint density at radius 3 is 2.39 bits per heavy atom. The second kappa shape index (κ2) is 11.4. The van der Waals surface area contributed by atoms with E-state index in [0.717, 1.165) is 34.2 Å². The molecule has 7 nitrogen and oxygen atoms in total. The van der Waals surface area contributed by atoms with E-state index in [1.165, 1.54) is 42.5 Å². The Hall–Kier alpha value is -2.35. The number of fused-ring (bicyclic) bond motifs is 1. The van der Waals surface area contributed by atoms with E-state index in [2.05, 4.69) is 60.3 Å². The van der Waals surface area contributed by atoms with Crippen molar-refractivity contribution in [1.82, 2.24) is 24.8 Å². The van der Waals surface area contributed by atoms with E-state index in [1.54, 1.807) is 7.11 Å². The van der Waals surface area contributed by atoms with Crippen LogP contribution in [0.2, 0.25) is 5.02 Å². The van der Waals surface area contributed by atoms with Crippen molar-refractivity contribution in [2.24, 2.45) is 0 Å². The standard InChI is InChI=1S/C28H41ClN6O/c1-8-34(24-11-9-23(10-12-24)33(5)6)26-15-22(29)14-21(20(26)4)16-30-17-25-27-31-18(2)13-19(3)35(27)32-28(25)36-7/h13-15,23-24,30H,8-12,16-17H2,1-7H3. The van der Waals surface area contributed by atoms with Crippen molar-refractivity contribution >= 4 is 22.9 Å². The number of methoxy groups -OCH3 is 1. The van der Waals surface area contributed by atoms with E-state index in [0.29, 0.717) is 31.1 Å². The third kappa shape index (κ3) is 5.48. The van der Waals surface area contributed by atoms with Crippen molar-refractivity contribution in [2.45, 2.75) is 78.6 Å². The molecule has 0 spiro atoms. The first-order chi connectivity index (χ1) is 17.2. The molecule has 0 bridgehead atoms. The average molecular weight is 513 g/mol. The minimum atomic E-state index is 0.560. The highest BCUT2D eigenvalue weighted by molar-refractivity contribution is 6.31. The Balaban J connectivity index is 1.52. The van der Waals surface area contributed by atoms with Crippen molar-refractivity contribution in [1.29, 1.82) is 0 Å². The lowest BCUT2D eigenvalue weighted by molar-refractivity contribution is 0.214. The van der Waals surface area contributed by atoms with Crippen molar-refractivity contribution < 1.29 is 4.74 Å². The average Bonchev–Trinajstić information content (AvgIpc) is 3.20. The van der Waals surface area contributed by atoms with E-state index in [9.17, 15) is 0 Å². The van der Waals surface area contributed by atoms with Gasteiger partial charge in [-0.2, -0.15) is 0 Å². The summed E-state index contributed by atoms with van der Waals surface area (Å²) in [5, 5.41) is 9.00. The Kier molecular flexibility index (Phi) is 8.43. The second-order valence-electron chi connectivity index (χ2n) is 10.3. The molecule has 1 N–H and O–H groups in total. The number of nitrogens with zero attached hydrogens (tertiary/aromatic N) is 5. The van der Waals surface area contributed by atoms with Crippen LogP contribution < -0.4 is 15.0 Å². The van der Waals surface area contributed by atoms with Gasteiger partial charge in [-0.15, -0.1) is 5.10 Å².